The normalized spacial score (nSPS) is 24.1. The van der Waals surface area contributed by atoms with Crippen molar-refractivity contribution in [3.05, 3.63) is 48.0 Å². The number of fused-ring (bicyclic) bond motifs is 1. The Bertz CT molecular complexity index is 585. The molecule has 1 aliphatic heterocycles. The first-order valence-electron chi connectivity index (χ1n) is 7.19. The van der Waals surface area contributed by atoms with Crippen LogP contribution in [0.25, 0.3) is 10.8 Å². The van der Waals surface area contributed by atoms with Gasteiger partial charge in [-0.3, -0.25) is 0 Å². The van der Waals surface area contributed by atoms with Crippen molar-refractivity contribution in [3.63, 3.8) is 0 Å². The fourth-order valence-electron chi connectivity index (χ4n) is 2.82. The molecular weight excluding hydrogens is 250 g/mol. The first kappa shape index (κ1) is 13.6. The van der Waals surface area contributed by atoms with Gasteiger partial charge in [0.25, 0.3) is 0 Å². The van der Waals surface area contributed by atoms with Crippen molar-refractivity contribution >= 4 is 10.8 Å². The van der Waals surface area contributed by atoms with Crippen LogP contribution in [0.5, 0.6) is 0 Å². The van der Waals surface area contributed by atoms with E-state index in [9.17, 15) is 5.11 Å². The lowest BCUT2D eigenvalue weighted by Gasteiger charge is -2.24. The molecule has 2 aromatic rings. The third kappa shape index (κ3) is 2.70. The van der Waals surface area contributed by atoms with Crippen LogP contribution in [0.2, 0.25) is 0 Å². The van der Waals surface area contributed by atoms with Gasteiger partial charge >= 0.3 is 0 Å². The highest BCUT2D eigenvalue weighted by atomic mass is 16.5. The lowest BCUT2D eigenvalue weighted by Crippen LogP contribution is -2.41. The Kier molecular flexibility index (Phi) is 3.74. The van der Waals surface area contributed by atoms with Gasteiger partial charge < -0.3 is 15.2 Å². The molecule has 1 saturated heterocycles. The van der Waals surface area contributed by atoms with Crippen LogP contribution in [0, 0.1) is 0 Å². The number of hydrogen-bond acceptors (Lipinski definition) is 3. The molecular formula is C17H21NO2. The van der Waals surface area contributed by atoms with Crippen LogP contribution in [0.3, 0.4) is 0 Å². The summed E-state index contributed by atoms with van der Waals surface area (Å²) in [6, 6.07) is 15.0. The molecule has 2 N–H and O–H groups in total. The number of ether oxygens (including phenoxy) is 1. The fraction of sp³-hybridized carbons (Fsp3) is 0.412. The molecule has 0 aromatic heterocycles. The van der Waals surface area contributed by atoms with Gasteiger partial charge in [0.1, 0.15) is 5.60 Å². The Balaban J connectivity index is 1.77. The highest BCUT2D eigenvalue weighted by molar-refractivity contribution is 5.86. The number of hydrogen-bond donors (Lipinski definition) is 2. The molecule has 106 valence electrons. The van der Waals surface area contributed by atoms with E-state index in [1.807, 2.05) is 0 Å². The molecule has 2 unspecified atom stereocenters. The molecule has 0 bridgehead atoms. The zero-order valence-corrected chi connectivity index (χ0v) is 11.8. The summed E-state index contributed by atoms with van der Waals surface area (Å²) in [5.41, 5.74) is 0.560. The molecule has 0 amide bonds. The molecule has 3 heteroatoms. The van der Waals surface area contributed by atoms with E-state index in [-0.39, 0.29) is 6.04 Å². The van der Waals surface area contributed by atoms with Crippen molar-refractivity contribution in [2.45, 2.75) is 25.0 Å². The zero-order chi connectivity index (χ0) is 14.0. The Labute approximate surface area is 119 Å². The number of aliphatic hydroxyl groups is 1. The highest BCUT2D eigenvalue weighted by Crippen LogP contribution is 2.25. The van der Waals surface area contributed by atoms with Crippen molar-refractivity contribution in [2.75, 3.05) is 19.8 Å². The predicted octanol–water partition coefficient (Wildman–Crippen LogP) is 2.64. The fourth-order valence-corrected chi connectivity index (χ4v) is 2.82. The molecule has 2 aromatic carbocycles. The smallest absolute Gasteiger partial charge is 0.103 e. The Morgan fingerprint density at radius 2 is 2.05 bits per heavy atom. The first-order valence-corrected chi connectivity index (χ1v) is 7.19. The molecule has 0 aliphatic carbocycles. The largest absolute Gasteiger partial charge is 0.386 e. The summed E-state index contributed by atoms with van der Waals surface area (Å²) in [6.07, 6.45) is 0.711. The monoisotopic (exact) mass is 271 g/mol. The maximum absolute atomic E-state index is 10.3. The van der Waals surface area contributed by atoms with Crippen LogP contribution < -0.4 is 5.32 Å². The van der Waals surface area contributed by atoms with Gasteiger partial charge in [-0.05, 0) is 23.3 Å². The minimum Gasteiger partial charge on any atom is -0.386 e. The lowest BCUT2D eigenvalue weighted by atomic mass is 9.98. The minimum absolute atomic E-state index is 0.200. The summed E-state index contributed by atoms with van der Waals surface area (Å²) in [7, 11) is 0. The molecule has 20 heavy (non-hydrogen) atoms. The van der Waals surface area contributed by atoms with Crippen LogP contribution in [0.15, 0.2) is 42.5 Å². The molecule has 1 heterocycles. The van der Waals surface area contributed by atoms with E-state index in [2.05, 4.69) is 54.7 Å². The van der Waals surface area contributed by atoms with E-state index in [0.29, 0.717) is 26.2 Å². The van der Waals surface area contributed by atoms with Crippen LogP contribution in [0.4, 0.5) is 0 Å². The van der Waals surface area contributed by atoms with Crippen molar-refractivity contribution in [3.8, 4) is 0 Å². The van der Waals surface area contributed by atoms with Gasteiger partial charge in [0, 0.05) is 25.6 Å². The summed E-state index contributed by atoms with van der Waals surface area (Å²) in [5, 5.41) is 16.3. The predicted molar refractivity (Wildman–Crippen MR) is 80.8 cm³/mol. The van der Waals surface area contributed by atoms with Crippen molar-refractivity contribution in [1.29, 1.82) is 0 Å². The van der Waals surface area contributed by atoms with Gasteiger partial charge in [-0.25, -0.2) is 0 Å². The van der Waals surface area contributed by atoms with E-state index in [1.165, 1.54) is 16.3 Å². The second kappa shape index (κ2) is 5.52. The van der Waals surface area contributed by atoms with Crippen molar-refractivity contribution in [1.82, 2.24) is 5.32 Å². The van der Waals surface area contributed by atoms with Crippen molar-refractivity contribution in [2.24, 2.45) is 0 Å². The summed E-state index contributed by atoms with van der Waals surface area (Å²) >= 11 is 0. The number of rotatable bonds is 4. The topological polar surface area (TPSA) is 41.5 Å². The molecule has 1 aliphatic rings. The van der Waals surface area contributed by atoms with Gasteiger partial charge in [-0.1, -0.05) is 42.5 Å². The summed E-state index contributed by atoms with van der Waals surface area (Å²) in [5.74, 6) is 0. The minimum atomic E-state index is -0.709. The van der Waals surface area contributed by atoms with Gasteiger partial charge in [-0.2, -0.15) is 0 Å². The third-order valence-corrected chi connectivity index (χ3v) is 4.11. The van der Waals surface area contributed by atoms with E-state index < -0.39 is 5.60 Å². The molecule has 0 saturated carbocycles. The van der Waals surface area contributed by atoms with E-state index in [0.717, 1.165) is 0 Å². The number of benzene rings is 2. The zero-order valence-electron chi connectivity index (χ0n) is 11.8. The van der Waals surface area contributed by atoms with Crippen LogP contribution in [-0.2, 0) is 4.74 Å². The average molecular weight is 271 g/mol. The second-order valence-corrected chi connectivity index (χ2v) is 5.70. The van der Waals surface area contributed by atoms with Gasteiger partial charge in [-0.15, -0.1) is 0 Å². The Morgan fingerprint density at radius 3 is 2.85 bits per heavy atom. The van der Waals surface area contributed by atoms with Gasteiger partial charge in [0.05, 0.1) is 6.61 Å². The molecule has 1 fully saturated rings. The molecule has 0 radical (unpaired) electrons. The highest BCUT2D eigenvalue weighted by Gasteiger charge is 2.32. The first-order chi connectivity index (χ1) is 9.68. The molecule has 3 rings (SSSR count). The van der Waals surface area contributed by atoms with Gasteiger partial charge in [0.15, 0.2) is 0 Å². The second-order valence-electron chi connectivity index (χ2n) is 5.70. The summed E-state index contributed by atoms with van der Waals surface area (Å²) < 4.78 is 5.28. The SMILES string of the molecule is CC(NCC1(O)CCOC1)c1cccc2ccccc12. The van der Waals surface area contributed by atoms with Crippen molar-refractivity contribution < 1.29 is 9.84 Å². The standard InChI is InChI=1S/C17H21NO2/c1-13(18-11-17(19)9-10-20-12-17)15-8-4-6-14-5-2-3-7-16(14)15/h2-8,13,18-19H,9-12H2,1H3. The maximum Gasteiger partial charge on any atom is 0.103 e. The average Bonchev–Trinajstić information content (AvgIpc) is 2.91. The lowest BCUT2D eigenvalue weighted by molar-refractivity contribution is 0.0252. The molecule has 2 atom stereocenters. The van der Waals surface area contributed by atoms with Crippen LogP contribution in [-0.4, -0.2) is 30.5 Å². The van der Waals surface area contributed by atoms with E-state index >= 15 is 0 Å². The van der Waals surface area contributed by atoms with E-state index in [1.54, 1.807) is 0 Å². The van der Waals surface area contributed by atoms with E-state index in [4.69, 9.17) is 4.74 Å². The van der Waals surface area contributed by atoms with Crippen LogP contribution in [0.1, 0.15) is 24.9 Å². The summed E-state index contributed by atoms with van der Waals surface area (Å²) in [6.45, 7) is 3.79. The molecule has 3 nitrogen and oxygen atoms in total. The quantitative estimate of drug-likeness (QED) is 0.898. The Hall–Kier alpha value is -1.42. The third-order valence-electron chi connectivity index (χ3n) is 4.11. The summed E-state index contributed by atoms with van der Waals surface area (Å²) in [4.78, 5) is 0. The maximum atomic E-state index is 10.3. The van der Waals surface area contributed by atoms with Crippen LogP contribution >= 0.6 is 0 Å². The number of nitrogens with one attached hydrogen (secondary N) is 1. The Morgan fingerprint density at radius 1 is 1.25 bits per heavy atom. The molecule has 0 spiro atoms. The van der Waals surface area contributed by atoms with Gasteiger partial charge in [0.2, 0.25) is 0 Å².